The number of ether oxygens (including phenoxy) is 1. The van der Waals surface area contributed by atoms with Gasteiger partial charge in [-0.2, -0.15) is 0 Å². The highest BCUT2D eigenvalue weighted by Gasteiger charge is 2.01. The smallest absolute Gasteiger partial charge is 0.220 e. The number of halogens is 1. The average molecular weight is 273 g/mol. The molecule has 0 aliphatic heterocycles. The Morgan fingerprint density at radius 2 is 2.17 bits per heavy atom. The van der Waals surface area contributed by atoms with E-state index in [4.69, 9.17) is 4.74 Å². The summed E-state index contributed by atoms with van der Waals surface area (Å²) in [6, 6.07) is 7.70. The minimum atomic E-state index is 0. The standard InChI is InChI=1S/C13H20N2O2.ClH/c1-14-8-4-7-13(16)15-10-11-5-3-6-12(9-11)17-2;/h3,5-6,9,14H,4,7-8,10H2,1-2H3,(H,15,16);1H. The molecule has 0 atom stereocenters. The van der Waals surface area contributed by atoms with Crippen LogP contribution in [0.4, 0.5) is 0 Å². The second kappa shape index (κ2) is 9.74. The van der Waals surface area contributed by atoms with E-state index in [0.717, 1.165) is 24.3 Å². The fourth-order valence-electron chi connectivity index (χ4n) is 1.50. The molecule has 0 aromatic heterocycles. The zero-order chi connectivity index (χ0) is 12.5. The maximum Gasteiger partial charge on any atom is 0.220 e. The van der Waals surface area contributed by atoms with Gasteiger partial charge in [0, 0.05) is 13.0 Å². The minimum Gasteiger partial charge on any atom is -0.497 e. The van der Waals surface area contributed by atoms with Crippen LogP contribution in [0.25, 0.3) is 0 Å². The van der Waals surface area contributed by atoms with Crippen LogP contribution in [0.3, 0.4) is 0 Å². The van der Waals surface area contributed by atoms with E-state index in [1.807, 2.05) is 31.3 Å². The third kappa shape index (κ3) is 6.47. The summed E-state index contributed by atoms with van der Waals surface area (Å²) in [5, 5.41) is 5.90. The number of carbonyl (C=O) groups is 1. The van der Waals surface area contributed by atoms with Crippen LogP contribution in [0.1, 0.15) is 18.4 Å². The third-order valence-corrected chi connectivity index (χ3v) is 2.45. The van der Waals surface area contributed by atoms with Crippen LogP contribution in [0.15, 0.2) is 24.3 Å². The second-order valence-corrected chi connectivity index (χ2v) is 3.84. The van der Waals surface area contributed by atoms with Gasteiger partial charge in [-0.1, -0.05) is 12.1 Å². The van der Waals surface area contributed by atoms with Crippen molar-refractivity contribution in [3.63, 3.8) is 0 Å². The Morgan fingerprint density at radius 1 is 1.39 bits per heavy atom. The van der Waals surface area contributed by atoms with Gasteiger partial charge in [0.05, 0.1) is 7.11 Å². The number of hydrogen-bond donors (Lipinski definition) is 2. The van der Waals surface area contributed by atoms with Gasteiger partial charge in [0.15, 0.2) is 0 Å². The van der Waals surface area contributed by atoms with Crippen LogP contribution in [0.5, 0.6) is 5.75 Å². The summed E-state index contributed by atoms with van der Waals surface area (Å²) in [4.78, 5) is 11.5. The highest BCUT2D eigenvalue weighted by molar-refractivity contribution is 5.85. The quantitative estimate of drug-likeness (QED) is 0.744. The fraction of sp³-hybridized carbons (Fsp3) is 0.462. The first kappa shape index (κ1) is 16.7. The average Bonchev–Trinajstić information content (AvgIpc) is 2.37. The molecule has 1 rings (SSSR count). The van der Waals surface area contributed by atoms with E-state index >= 15 is 0 Å². The Labute approximate surface area is 115 Å². The molecule has 18 heavy (non-hydrogen) atoms. The highest BCUT2D eigenvalue weighted by atomic mass is 35.5. The maximum atomic E-state index is 11.5. The van der Waals surface area contributed by atoms with E-state index in [1.165, 1.54) is 0 Å². The summed E-state index contributed by atoms with van der Waals surface area (Å²) in [6.07, 6.45) is 1.42. The number of carbonyl (C=O) groups excluding carboxylic acids is 1. The molecule has 0 saturated heterocycles. The molecule has 0 heterocycles. The van der Waals surface area contributed by atoms with Gasteiger partial charge in [-0.25, -0.2) is 0 Å². The molecule has 0 fully saturated rings. The van der Waals surface area contributed by atoms with Gasteiger partial charge in [0.25, 0.3) is 0 Å². The van der Waals surface area contributed by atoms with Crippen molar-refractivity contribution in [1.29, 1.82) is 0 Å². The summed E-state index contributed by atoms with van der Waals surface area (Å²) in [7, 11) is 3.52. The molecule has 1 amide bonds. The molecular formula is C13H21ClN2O2. The van der Waals surface area contributed by atoms with Crippen molar-refractivity contribution in [1.82, 2.24) is 10.6 Å². The van der Waals surface area contributed by atoms with Crippen molar-refractivity contribution < 1.29 is 9.53 Å². The van der Waals surface area contributed by atoms with Gasteiger partial charge in [-0.3, -0.25) is 4.79 Å². The third-order valence-electron chi connectivity index (χ3n) is 2.45. The molecular weight excluding hydrogens is 252 g/mol. The maximum absolute atomic E-state index is 11.5. The zero-order valence-electron chi connectivity index (χ0n) is 10.9. The van der Waals surface area contributed by atoms with Gasteiger partial charge >= 0.3 is 0 Å². The molecule has 1 aromatic carbocycles. The van der Waals surface area contributed by atoms with E-state index in [-0.39, 0.29) is 18.3 Å². The molecule has 5 heteroatoms. The number of nitrogens with one attached hydrogen (secondary N) is 2. The lowest BCUT2D eigenvalue weighted by molar-refractivity contribution is -0.121. The summed E-state index contributed by atoms with van der Waals surface area (Å²) in [5.41, 5.74) is 1.05. The first-order valence-corrected chi connectivity index (χ1v) is 5.80. The predicted octanol–water partition coefficient (Wildman–Crippen LogP) is 1.73. The molecule has 0 aliphatic rings. The normalized spacial score (nSPS) is 9.44. The molecule has 0 aliphatic carbocycles. The van der Waals surface area contributed by atoms with Gasteiger partial charge in [0.1, 0.15) is 5.75 Å². The molecule has 102 valence electrons. The van der Waals surface area contributed by atoms with Crippen molar-refractivity contribution in [2.45, 2.75) is 19.4 Å². The number of hydrogen-bond acceptors (Lipinski definition) is 3. The van der Waals surface area contributed by atoms with E-state index in [0.29, 0.717) is 13.0 Å². The van der Waals surface area contributed by atoms with Crippen LogP contribution in [-0.2, 0) is 11.3 Å². The molecule has 0 unspecified atom stereocenters. The van der Waals surface area contributed by atoms with Crippen LogP contribution in [0, 0.1) is 0 Å². The molecule has 4 nitrogen and oxygen atoms in total. The molecule has 0 bridgehead atoms. The van der Waals surface area contributed by atoms with Crippen molar-refractivity contribution in [2.75, 3.05) is 20.7 Å². The molecule has 0 spiro atoms. The lowest BCUT2D eigenvalue weighted by atomic mass is 10.2. The Kier molecular flexibility index (Phi) is 9.06. The molecule has 0 radical (unpaired) electrons. The summed E-state index contributed by atoms with van der Waals surface area (Å²) in [6.45, 7) is 1.42. The SMILES string of the molecule is CNCCCC(=O)NCc1cccc(OC)c1.Cl. The van der Waals surface area contributed by atoms with E-state index in [1.54, 1.807) is 7.11 Å². The Morgan fingerprint density at radius 3 is 2.83 bits per heavy atom. The first-order valence-electron chi connectivity index (χ1n) is 5.80. The van der Waals surface area contributed by atoms with Crippen molar-refractivity contribution in [3.05, 3.63) is 29.8 Å². The minimum absolute atomic E-state index is 0. The van der Waals surface area contributed by atoms with Crippen LogP contribution in [0.2, 0.25) is 0 Å². The topological polar surface area (TPSA) is 50.4 Å². The monoisotopic (exact) mass is 272 g/mol. The number of benzene rings is 1. The number of rotatable bonds is 7. The van der Waals surface area contributed by atoms with E-state index in [9.17, 15) is 4.79 Å². The lowest BCUT2D eigenvalue weighted by Gasteiger charge is -2.06. The lowest BCUT2D eigenvalue weighted by Crippen LogP contribution is -2.23. The molecule has 0 saturated carbocycles. The Balaban J connectivity index is 0.00000289. The number of methoxy groups -OCH3 is 1. The van der Waals surface area contributed by atoms with E-state index in [2.05, 4.69) is 10.6 Å². The predicted molar refractivity (Wildman–Crippen MR) is 75.2 cm³/mol. The van der Waals surface area contributed by atoms with Crippen LogP contribution >= 0.6 is 12.4 Å². The summed E-state index contributed by atoms with van der Waals surface area (Å²) < 4.78 is 5.12. The molecule has 1 aromatic rings. The van der Waals surface area contributed by atoms with Gasteiger partial charge in [-0.05, 0) is 37.7 Å². The van der Waals surface area contributed by atoms with Crippen molar-refractivity contribution >= 4 is 18.3 Å². The van der Waals surface area contributed by atoms with Crippen LogP contribution < -0.4 is 15.4 Å². The summed E-state index contributed by atoms with van der Waals surface area (Å²) in [5.74, 6) is 0.898. The Bertz CT molecular complexity index is 359. The highest BCUT2D eigenvalue weighted by Crippen LogP contribution is 2.12. The van der Waals surface area contributed by atoms with Crippen molar-refractivity contribution in [2.24, 2.45) is 0 Å². The molecule has 2 N–H and O–H groups in total. The van der Waals surface area contributed by atoms with Crippen molar-refractivity contribution in [3.8, 4) is 5.75 Å². The first-order chi connectivity index (χ1) is 8.26. The zero-order valence-corrected chi connectivity index (χ0v) is 11.7. The van der Waals surface area contributed by atoms with Gasteiger partial charge < -0.3 is 15.4 Å². The van der Waals surface area contributed by atoms with Crippen LogP contribution in [-0.4, -0.2) is 26.6 Å². The second-order valence-electron chi connectivity index (χ2n) is 3.84. The fourth-order valence-corrected chi connectivity index (χ4v) is 1.50. The largest absolute Gasteiger partial charge is 0.497 e. The number of amides is 1. The summed E-state index contributed by atoms with van der Waals surface area (Å²) >= 11 is 0. The van der Waals surface area contributed by atoms with E-state index < -0.39 is 0 Å². The van der Waals surface area contributed by atoms with Gasteiger partial charge in [0.2, 0.25) is 5.91 Å². The van der Waals surface area contributed by atoms with Gasteiger partial charge in [-0.15, -0.1) is 12.4 Å². The Hall–Kier alpha value is -1.26.